The van der Waals surface area contributed by atoms with Crippen LogP contribution in [-0.2, 0) is 0 Å². The van der Waals surface area contributed by atoms with Gasteiger partial charge in [-0.3, -0.25) is 0 Å². The molecule has 0 fully saturated rings. The van der Waals surface area contributed by atoms with E-state index < -0.39 is 0 Å². The van der Waals surface area contributed by atoms with E-state index in [9.17, 15) is 0 Å². The minimum atomic E-state index is 0.914. The molecular formula is C11H18. The van der Waals surface area contributed by atoms with Crippen LogP contribution < -0.4 is 0 Å². The molecule has 0 aromatic rings. The molecule has 1 aliphatic rings. The first-order valence-corrected chi connectivity index (χ1v) is 4.69. The van der Waals surface area contributed by atoms with Crippen molar-refractivity contribution in [2.75, 3.05) is 0 Å². The van der Waals surface area contributed by atoms with Crippen LogP contribution >= 0.6 is 0 Å². The Bertz CT molecular complexity index is 133. The highest BCUT2D eigenvalue weighted by Gasteiger charge is 2.06. The lowest BCUT2D eigenvalue weighted by molar-refractivity contribution is 0.440. The van der Waals surface area contributed by atoms with E-state index in [-0.39, 0.29) is 0 Å². The zero-order valence-corrected chi connectivity index (χ0v) is 7.26. The number of rotatable bonds is 2. The molecule has 0 saturated heterocycles. The number of allylic oxidation sites excluding steroid dienone is 3. The fraction of sp³-hybridized carbons (Fsp3) is 0.636. The molecule has 0 heterocycles. The second kappa shape index (κ2) is 5.17. The minimum Gasteiger partial charge on any atom is -0.103 e. The smallest absolute Gasteiger partial charge is 0.0325 e. The molecular weight excluding hydrogens is 132 g/mol. The van der Waals surface area contributed by atoms with Crippen LogP contribution in [0, 0.1) is 5.92 Å². The lowest BCUT2D eigenvalue weighted by atomic mass is 9.91. The van der Waals surface area contributed by atoms with Crippen molar-refractivity contribution < 1.29 is 0 Å². The molecule has 11 heavy (non-hydrogen) atoms. The third-order valence-corrected chi connectivity index (χ3v) is 2.39. The normalized spacial score (nSPS) is 25.6. The molecule has 0 saturated carbocycles. The number of hydrogen-bond donors (Lipinski definition) is 0. The highest BCUT2D eigenvalue weighted by atomic mass is 14.1. The molecule has 0 aromatic carbocycles. The van der Waals surface area contributed by atoms with E-state index in [4.69, 9.17) is 0 Å². The summed E-state index contributed by atoms with van der Waals surface area (Å²) in [6.45, 7) is 3.79. The average molecular weight is 150 g/mol. The lowest BCUT2D eigenvalue weighted by Crippen LogP contribution is -1.99. The van der Waals surface area contributed by atoms with Gasteiger partial charge in [0.2, 0.25) is 0 Å². The monoisotopic (exact) mass is 150 g/mol. The van der Waals surface area contributed by atoms with Crippen molar-refractivity contribution in [3.05, 3.63) is 24.8 Å². The Hall–Kier alpha value is -0.520. The van der Waals surface area contributed by atoms with Crippen molar-refractivity contribution >= 4 is 0 Å². The van der Waals surface area contributed by atoms with Crippen LogP contribution in [0.5, 0.6) is 0 Å². The standard InChI is InChI=1S/C11H18/c1-2-8-11-9-6-4-3-5-7-10-11/h2-4,11H,1,5-10H2. The second-order valence-corrected chi connectivity index (χ2v) is 3.37. The molecule has 1 aliphatic carbocycles. The van der Waals surface area contributed by atoms with Crippen molar-refractivity contribution in [1.82, 2.24) is 0 Å². The molecule has 62 valence electrons. The summed E-state index contributed by atoms with van der Waals surface area (Å²) < 4.78 is 0. The van der Waals surface area contributed by atoms with Gasteiger partial charge in [-0.15, -0.1) is 6.58 Å². The molecule has 0 heteroatoms. The summed E-state index contributed by atoms with van der Waals surface area (Å²) in [6.07, 6.45) is 14.6. The quantitative estimate of drug-likeness (QED) is 0.526. The Morgan fingerprint density at radius 1 is 1.27 bits per heavy atom. The second-order valence-electron chi connectivity index (χ2n) is 3.37. The maximum absolute atomic E-state index is 3.79. The summed E-state index contributed by atoms with van der Waals surface area (Å²) >= 11 is 0. The van der Waals surface area contributed by atoms with E-state index in [1.807, 2.05) is 0 Å². The Morgan fingerprint density at radius 2 is 2.09 bits per heavy atom. The molecule has 0 spiro atoms. The summed E-state index contributed by atoms with van der Waals surface area (Å²) in [5.74, 6) is 0.914. The van der Waals surface area contributed by atoms with E-state index in [1.54, 1.807) is 0 Å². The Labute approximate surface area is 70.0 Å². The predicted molar refractivity (Wildman–Crippen MR) is 50.5 cm³/mol. The van der Waals surface area contributed by atoms with Crippen LogP contribution in [0.25, 0.3) is 0 Å². The molecule has 0 aromatic heterocycles. The largest absolute Gasteiger partial charge is 0.103 e. The lowest BCUT2D eigenvalue weighted by Gasteiger charge is -2.14. The van der Waals surface area contributed by atoms with Crippen molar-refractivity contribution in [1.29, 1.82) is 0 Å². The predicted octanol–water partition coefficient (Wildman–Crippen LogP) is 3.70. The molecule has 0 aliphatic heterocycles. The van der Waals surface area contributed by atoms with Crippen molar-refractivity contribution in [2.45, 2.75) is 38.5 Å². The van der Waals surface area contributed by atoms with Gasteiger partial charge in [0.1, 0.15) is 0 Å². The zero-order chi connectivity index (χ0) is 7.94. The third-order valence-electron chi connectivity index (χ3n) is 2.39. The maximum Gasteiger partial charge on any atom is -0.0325 e. The van der Waals surface area contributed by atoms with Crippen LogP contribution in [0.15, 0.2) is 24.8 Å². The van der Waals surface area contributed by atoms with E-state index in [0.29, 0.717) is 0 Å². The van der Waals surface area contributed by atoms with Gasteiger partial charge >= 0.3 is 0 Å². The van der Waals surface area contributed by atoms with E-state index in [2.05, 4.69) is 24.8 Å². The molecule has 0 amide bonds. The topological polar surface area (TPSA) is 0 Å². The minimum absolute atomic E-state index is 0.914. The maximum atomic E-state index is 3.79. The van der Waals surface area contributed by atoms with Gasteiger partial charge in [0.05, 0.1) is 0 Å². The van der Waals surface area contributed by atoms with Crippen molar-refractivity contribution in [2.24, 2.45) is 5.92 Å². The van der Waals surface area contributed by atoms with Crippen LogP contribution in [0.4, 0.5) is 0 Å². The van der Waals surface area contributed by atoms with Gasteiger partial charge in [-0.2, -0.15) is 0 Å². The van der Waals surface area contributed by atoms with Crippen LogP contribution in [0.1, 0.15) is 38.5 Å². The highest BCUT2D eigenvalue weighted by molar-refractivity contribution is 4.86. The Balaban J connectivity index is 2.29. The average Bonchev–Trinajstić information content (AvgIpc) is 1.94. The van der Waals surface area contributed by atoms with E-state index in [0.717, 1.165) is 5.92 Å². The van der Waals surface area contributed by atoms with Gasteiger partial charge in [0.25, 0.3) is 0 Å². The first kappa shape index (κ1) is 8.58. The summed E-state index contributed by atoms with van der Waals surface area (Å²) in [5, 5.41) is 0. The fourth-order valence-electron chi connectivity index (χ4n) is 1.71. The first-order chi connectivity index (χ1) is 5.43. The SMILES string of the molecule is C=CCC1CCC=CCCC1. The summed E-state index contributed by atoms with van der Waals surface area (Å²) in [4.78, 5) is 0. The Kier molecular flexibility index (Phi) is 4.03. The summed E-state index contributed by atoms with van der Waals surface area (Å²) in [7, 11) is 0. The van der Waals surface area contributed by atoms with Gasteiger partial charge < -0.3 is 0 Å². The number of hydrogen-bond acceptors (Lipinski definition) is 0. The van der Waals surface area contributed by atoms with Crippen LogP contribution in [0.3, 0.4) is 0 Å². The molecule has 0 N–H and O–H groups in total. The van der Waals surface area contributed by atoms with Gasteiger partial charge in [0, 0.05) is 0 Å². The Morgan fingerprint density at radius 3 is 2.91 bits per heavy atom. The molecule has 1 rings (SSSR count). The van der Waals surface area contributed by atoms with Gasteiger partial charge in [0.15, 0.2) is 0 Å². The molecule has 1 unspecified atom stereocenters. The van der Waals surface area contributed by atoms with E-state index >= 15 is 0 Å². The van der Waals surface area contributed by atoms with Gasteiger partial charge in [-0.1, -0.05) is 18.2 Å². The summed E-state index contributed by atoms with van der Waals surface area (Å²) in [5.41, 5.74) is 0. The molecule has 0 nitrogen and oxygen atoms in total. The molecule has 0 bridgehead atoms. The fourth-order valence-corrected chi connectivity index (χ4v) is 1.71. The highest BCUT2D eigenvalue weighted by Crippen LogP contribution is 2.21. The van der Waals surface area contributed by atoms with Crippen LogP contribution in [0.2, 0.25) is 0 Å². The van der Waals surface area contributed by atoms with Crippen LogP contribution in [-0.4, -0.2) is 0 Å². The van der Waals surface area contributed by atoms with Gasteiger partial charge in [-0.05, 0) is 44.4 Å². The molecule has 1 atom stereocenters. The van der Waals surface area contributed by atoms with E-state index in [1.165, 1.54) is 38.5 Å². The first-order valence-electron chi connectivity index (χ1n) is 4.69. The van der Waals surface area contributed by atoms with Crippen molar-refractivity contribution in [3.8, 4) is 0 Å². The zero-order valence-electron chi connectivity index (χ0n) is 7.26. The molecule has 0 radical (unpaired) electrons. The third kappa shape index (κ3) is 3.41. The van der Waals surface area contributed by atoms with Crippen molar-refractivity contribution in [3.63, 3.8) is 0 Å². The summed E-state index contributed by atoms with van der Waals surface area (Å²) in [6, 6.07) is 0. The van der Waals surface area contributed by atoms with Gasteiger partial charge in [-0.25, -0.2) is 0 Å².